The van der Waals surface area contributed by atoms with Crippen LogP contribution < -0.4 is 0 Å². The average molecular weight is 225 g/mol. The highest BCUT2D eigenvalue weighted by Crippen LogP contribution is 2.33. The molecule has 90 valence electrons. The Kier molecular flexibility index (Phi) is 2.73. The Morgan fingerprint density at radius 3 is 2.06 bits per heavy atom. The van der Waals surface area contributed by atoms with Crippen LogP contribution in [0, 0.1) is 11.8 Å². The van der Waals surface area contributed by atoms with Crippen LogP contribution in [0.5, 0.6) is 0 Å². The predicted octanol–water partition coefficient (Wildman–Crippen LogP) is 0.311. The number of piperidine rings is 1. The Morgan fingerprint density at radius 1 is 1.00 bits per heavy atom. The topological polar surface area (TPSA) is 38.8 Å². The molecule has 3 heterocycles. The van der Waals surface area contributed by atoms with Gasteiger partial charge in [-0.2, -0.15) is 0 Å². The van der Waals surface area contributed by atoms with Gasteiger partial charge < -0.3 is 9.47 Å². The van der Waals surface area contributed by atoms with E-state index in [0.717, 1.165) is 26.1 Å². The minimum atomic E-state index is 0.190. The molecule has 0 N–H and O–H groups in total. The second-order valence-corrected chi connectivity index (χ2v) is 5.32. The van der Waals surface area contributed by atoms with Crippen LogP contribution in [0.1, 0.15) is 12.8 Å². The van der Waals surface area contributed by atoms with E-state index in [0.29, 0.717) is 31.1 Å². The largest absolute Gasteiger partial charge is 0.380 e. The normalized spacial score (nSPS) is 40.4. The molecular formula is C12H19NO3. The summed E-state index contributed by atoms with van der Waals surface area (Å²) in [5.41, 5.74) is 0. The molecule has 2 bridgehead atoms. The first kappa shape index (κ1) is 10.7. The van der Waals surface area contributed by atoms with Crippen molar-refractivity contribution in [2.24, 2.45) is 11.8 Å². The fourth-order valence-electron chi connectivity index (χ4n) is 3.06. The van der Waals surface area contributed by atoms with Crippen LogP contribution in [-0.4, -0.2) is 56.2 Å². The highest BCUT2D eigenvalue weighted by atomic mass is 16.5. The quantitative estimate of drug-likeness (QED) is 0.678. The lowest BCUT2D eigenvalue weighted by molar-refractivity contribution is -0.147. The maximum atomic E-state index is 12.2. The summed E-state index contributed by atoms with van der Waals surface area (Å²) >= 11 is 0. The highest BCUT2D eigenvalue weighted by molar-refractivity contribution is 5.84. The third-order valence-electron chi connectivity index (χ3n) is 4.33. The number of ether oxygens (including phenoxy) is 2. The van der Waals surface area contributed by atoms with Gasteiger partial charge in [-0.3, -0.25) is 9.69 Å². The van der Waals surface area contributed by atoms with Crippen molar-refractivity contribution in [3.8, 4) is 0 Å². The summed E-state index contributed by atoms with van der Waals surface area (Å²) in [7, 11) is 2.16. The minimum Gasteiger partial charge on any atom is -0.380 e. The molecular weight excluding hydrogens is 206 g/mol. The molecule has 3 saturated heterocycles. The van der Waals surface area contributed by atoms with E-state index in [2.05, 4.69) is 11.9 Å². The van der Waals surface area contributed by atoms with Gasteiger partial charge in [0.25, 0.3) is 0 Å². The van der Waals surface area contributed by atoms with Gasteiger partial charge in [0, 0.05) is 18.0 Å². The van der Waals surface area contributed by atoms with Gasteiger partial charge >= 0.3 is 0 Å². The molecule has 4 nitrogen and oxygen atoms in total. The number of rotatable bonds is 2. The van der Waals surface area contributed by atoms with E-state index in [1.807, 2.05) is 0 Å². The lowest BCUT2D eigenvalue weighted by Crippen LogP contribution is -2.57. The molecule has 0 saturated carbocycles. The Labute approximate surface area is 95.9 Å². The van der Waals surface area contributed by atoms with Crippen LogP contribution in [0.3, 0.4) is 0 Å². The fraction of sp³-hybridized carbons (Fsp3) is 0.917. The van der Waals surface area contributed by atoms with E-state index in [9.17, 15) is 4.79 Å². The number of likely N-dealkylation sites (N-methyl/N-ethyl adjacent to an activating group) is 1. The summed E-state index contributed by atoms with van der Waals surface area (Å²) in [5, 5.41) is 0. The molecule has 3 rings (SSSR count). The first-order chi connectivity index (χ1) is 7.75. The summed E-state index contributed by atoms with van der Waals surface area (Å²) in [4.78, 5) is 14.6. The Morgan fingerprint density at radius 2 is 1.56 bits per heavy atom. The van der Waals surface area contributed by atoms with Crippen molar-refractivity contribution in [2.75, 3.05) is 33.5 Å². The molecule has 2 unspecified atom stereocenters. The van der Waals surface area contributed by atoms with Gasteiger partial charge in [0.05, 0.1) is 32.3 Å². The Hall–Kier alpha value is -0.450. The van der Waals surface area contributed by atoms with E-state index < -0.39 is 0 Å². The van der Waals surface area contributed by atoms with Gasteiger partial charge in [-0.05, 0) is 19.9 Å². The summed E-state index contributed by atoms with van der Waals surface area (Å²) in [6, 6.07) is 0.893. The Balaban J connectivity index is 1.67. The predicted molar refractivity (Wildman–Crippen MR) is 58.2 cm³/mol. The van der Waals surface area contributed by atoms with Gasteiger partial charge in [-0.25, -0.2) is 0 Å². The lowest BCUT2D eigenvalue weighted by Gasteiger charge is -2.47. The van der Waals surface area contributed by atoms with E-state index in [1.54, 1.807) is 0 Å². The van der Waals surface area contributed by atoms with Gasteiger partial charge in [-0.15, -0.1) is 0 Å². The maximum Gasteiger partial charge on any atom is 0.143 e. The van der Waals surface area contributed by atoms with Crippen LogP contribution in [0.2, 0.25) is 0 Å². The molecule has 0 aromatic rings. The zero-order chi connectivity index (χ0) is 11.1. The molecule has 0 amide bonds. The number of carbonyl (C=O) groups is 1. The summed E-state index contributed by atoms with van der Waals surface area (Å²) < 4.78 is 10.7. The van der Waals surface area contributed by atoms with E-state index in [1.165, 1.54) is 0 Å². The number of fused-ring (bicyclic) bond motifs is 2. The van der Waals surface area contributed by atoms with Gasteiger partial charge in [-0.1, -0.05) is 0 Å². The SMILES string of the molecule is CN1C2COCC1CC(C(=O)C1COC1)C2. The van der Waals surface area contributed by atoms with Crippen LogP contribution in [0.15, 0.2) is 0 Å². The third kappa shape index (κ3) is 1.69. The molecule has 3 aliphatic heterocycles. The molecule has 3 fully saturated rings. The average Bonchev–Trinajstić information content (AvgIpc) is 2.13. The maximum absolute atomic E-state index is 12.2. The van der Waals surface area contributed by atoms with Crippen molar-refractivity contribution < 1.29 is 14.3 Å². The van der Waals surface area contributed by atoms with Gasteiger partial charge in [0.1, 0.15) is 5.78 Å². The molecule has 3 aliphatic rings. The van der Waals surface area contributed by atoms with Crippen molar-refractivity contribution in [3.05, 3.63) is 0 Å². The highest BCUT2D eigenvalue weighted by Gasteiger charge is 2.42. The molecule has 0 spiro atoms. The first-order valence-electron chi connectivity index (χ1n) is 6.17. The van der Waals surface area contributed by atoms with Crippen molar-refractivity contribution in [1.29, 1.82) is 0 Å². The van der Waals surface area contributed by atoms with Crippen LogP contribution >= 0.6 is 0 Å². The van der Waals surface area contributed by atoms with Crippen molar-refractivity contribution >= 4 is 5.78 Å². The van der Waals surface area contributed by atoms with E-state index in [4.69, 9.17) is 9.47 Å². The monoisotopic (exact) mass is 225 g/mol. The minimum absolute atomic E-state index is 0.190. The van der Waals surface area contributed by atoms with Crippen molar-refractivity contribution in [2.45, 2.75) is 24.9 Å². The number of carbonyl (C=O) groups excluding carboxylic acids is 1. The van der Waals surface area contributed by atoms with E-state index >= 15 is 0 Å². The molecule has 0 aliphatic carbocycles. The first-order valence-corrected chi connectivity index (χ1v) is 6.17. The molecule has 2 atom stereocenters. The summed E-state index contributed by atoms with van der Waals surface area (Å²) in [6.45, 7) is 2.88. The van der Waals surface area contributed by atoms with Crippen molar-refractivity contribution in [3.63, 3.8) is 0 Å². The number of Topliss-reactive ketones (excluding diaryl/α,β-unsaturated/α-hetero) is 1. The lowest BCUT2D eigenvalue weighted by atomic mass is 9.79. The van der Waals surface area contributed by atoms with Crippen molar-refractivity contribution in [1.82, 2.24) is 4.90 Å². The van der Waals surface area contributed by atoms with Gasteiger partial charge in [0.15, 0.2) is 0 Å². The molecule has 0 radical (unpaired) electrons. The standard InChI is InChI=1S/C12H19NO3/c1-13-10-2-8(3-11(13)7-16-6-10)12(14)9-4-15-5-9/h8-11H,2-7H2,1H3. The van der Waals surface area contributed by atoms with Crippen LogP contribution in [-0.2, 0) is 14.3 Å². The summed E-state index contributed by atoms with van der Waals surface area (Å²) in [5.74, 6) is 0.885. The zero-order valence-electron chi connectivity index (χ0n) is 9.72. The summed E-state index contributed by atoms with van der Waals surface area (Å²) in [6.07, 6.45) is 1.95. The third-order valence-corrected chi connectivity index (χ3v) is 4.33. The van der Waals surface area contributed by atoms with Gasteiger partial charge in [0.2, 0.25) is 0 Å². The van der Waals surface area contributed by atoms with Crippen LogP contribution in [0.4, 0.5) is 0 Å². The Bertz CT molecular complexity index is 276. The second-order valence-electron chi connectivity index (χ2n) is 5.32. The number of nitrogens with zero attached hydrogens (tertiary/aromatic N) is 1. The zero-order valence-corrected chi connectivity index (χ0v) is 9.72. The number of hydrogen-bond acceptors (Lipinski definition) is 4. The molecule has 0 aromatic carbocycles. The molecule has 16 heavy (non-hydrogen) atoms. The second kappa shape index (κ2) is 4.09. The number of hydrogen-bond donors (Lipinski definition) is 0. The van der Waals surface area contributed by atoms with Crippen LogP contribution in [0.25, 0.3) is 0 Å². The number of ketones is 1. The number of morpholine rings is 1. The smallest absolute Gasteiger partial charge is 0.143 e. The molecule has 0 aromatic heterocycles. The fourth-order valence-corrected chi connectivity index (χ4v) is 3.06. The van der Waals surface area contributed by atoms with E-state index in [-0.39, 0.29) is 11.8 Å². The molecule has 4 heteroatoms.